The number of anilines is 1. The third kappa shape index (κ3) is 3.36. The van der Waals surface area contributed by atoms with Crippen molar-refractivity contribution in [2.45, 2.75) is 38.7 Å². The van der Waals surface area contributed by atoms with Crippen LogP contribution in [0.4, 0.5) is 5.69 Å². The van der Waals surface area contributed by atoms with Crippen LogP contribution in [0.1, 0.15) is 31.2 Å². The lowest BCUT2D eigenvalue weighted by Gasteiger charge is -2.26. The van der Waals surface area contributed by atoms with Gasteiger partial charge in [0.05, 0.1) is 6.10 Å². The molecule has 1 aliphatic carbocycles. The number of aliphatic hydroxyl groups excluding tert-OH is 1. The molecule has 2 rings (SSSR count). The Kier molecular flexibility index (Phi) is 4.30. The third-order valence-corrected chi connectivity index (χ3v) is 4.07. The van der Waals surface area contributed by atoms with Crippen LogP contribution in [0, 0.1) is 12.8 Å². The zero-order chi connectivity index (χ0) is 12.3. The van der Waals surface area contributed by atoms with E-state index in [2.05, 4.69) is 11.4 Å². The summed E-state index contributed by atoms with van der Waals surface area (Å²) in [6, 6.07) is 5.96. The topological polar surface area (TPSA) is 32.3 Å². The molecule has 0 bridgehead atoms. The number of halogens is 1. The fourth-order valence-corrected chi connectivity index (χ4v) is 2.58. The van der Waals surface area contributed by atoms with E-state index in [1.165, 1.54) is 0 Å². The Morgan fingerprint density at radius 1 is 1.29 bits per heavy atom. The van der Waals surface area contributed by atoms with Gasteiger partial charge in [-0.2, -0.15) is 0 Å². The van der Waals surface area contributed by atoms with Crippen LogP contribution in [0.15, 0.2) is 18.2 Å². The Morgan fingerprint density at radius 2 is 2.00 bits per heavy atom. The Hall–Kier alpha value is -0.730. The van der Waals surface area contributed by atoms with Gasteiger partial charge in [0.15, 0.2) is 0 Å². The highest BCUT2D eigenvalue weighted by atomic mass is 35.5. The highest BCUT2D eigenvalue weighted by molar-refractivity contribution is 6.31. The van der Waals surface area contributed by atoms with Crippen LogP contribution in [-0.2, 0) is 0 Å². The van der Waals surface area contributed by atoms with E-state index in [-0.39, 0.29) is 6.10 Å². The highest BCUT2D eigenvalue weighted by Gasteiger charge is 2.19. The fraction of sp³-hybridized carbons (Fsp3) is 0.571. The number of aliphatic hydroxyl groups is 1. The molecule has 0 aliphatic heterocycles. The molecule has 0 spiro atoms. The molecule has 0 unspecified atom stereocenters. The van der Waals surface area contributed by atoms with Gasteiger partial charge >= 0.3 is 0 Å². The molecule has 1 aromatic carbocycles. The van der Waals surface area contributed by atoms with Crippen LogP contribution in [0.25, 0.3) is 0 Å². The quantitative estimate of drug-likeness (QED) is 0.863. The van der Waals surface area contributed by atoms with E-state index in [1.807, 2.05) is 19.1 Å². The lowest BCUT2D eigenvalue weighted by atomic mass is 9.87. The number of rotatable bonds is 3. The van der Waals surface area contributed by atoms with Gasteiger partial charge in [0.2, 0.25) is 0 Å². The van der Waals surface area contributed by atoms with E-state index in [1.54, 1.807) is 0 Å². The SMILES string of the molecule is Cc1c(Cl)cccc1NCC1CCC(O)CC1. The summed E-state index contributed by atoms with van der Waals surface area (Å²) in [6.07, 6.45) is 4.06. The summed E-state index contributed by atoms with van der Waals surface area (Å²) in [7, 11) is 0. The molecule has 94 valence electrons. The summed E-state index contributed by atoms with van der Waals surface area (Å²) < 4.78 is 0. The van der Waals surface area contributed by atoms with E-state index in [9.17, 15) is 5.11 Å². The monoisotopic (exact) mass is 253 g/mol. The molecule has 17 heavy (non-hydrogen) atoms. The molecule has 1 saturated carbocycles. The molecule has 0 amide bonds. The minimum absolute atomic E-state index is 0.0702. The molecule has 0 aromatic heterocycles. The van der Waals surface area contributed by atoms with Gasteiger partial charge in [-0.15, -0.1) is 0 Å². The van der Waals surface area contributed by atoms with Gasteiger partial charge in [-0.05, 0) is 56.2 Å². The van der Waals surface area contributed by atoms with E-state index in [4.69, 9.17) is 11.6 Å². The average molecular weight is 254 g/mol. The Bertz CT molecular complexity index is 372. The molecule has 0 radical (unpaired) electrons. The molecular formula is C14H20ClNO. The second-order valence-electron chi connectivity index (χ2n) is 4.97. The van der Waals surface area contributed by atoms with Crippen LogP contribution >= 0.6 is 11.6 Å². The van der Waals surface area contributed by atoms with Crippen LogP contribution in [0.3, 0.4) is 0 Å². The molecule has 2 N–H and O–H groups in total. The summed E-state index contributed by atoms with van der Waals surface area (Å²) in [4.78, 5) is 0. The van der Waals surface area contributed by atoms with E-state index < -0.39 is 0 Å². The molecule has 1 fully saturated rings. The molecule has 0 heterocycles. The normalized spacial score (nSPS) is 24.6. The summed E-state index contributed by atoms with van der Waals surface area (Å²) >= 11 is 6.08. The van der Waals surface area contributed by atoms with Crippen molar-refractivity contribution in [3.05, 3.63) is 28.8 Å². The van der Waals surface area contributed by atoms with Crippen LogP contribution in [0.5, 0.6) is 0 Å². The molecule has 0 saturated heterocycles. The second kappa shape index (κ2) is 5.74. The Balaban J connectivity index is 1.87. The first-order valence-electron chi connectivity index (χ1n) is 6.34. The minimum Gasteiger partial charge on any atom is -0.393 e. The standard InChI is InChI=1S/C14H20ClNO/c1-10-13(15)3-2-4-14(10)16-9-11-5-7-12(17)8-6-11/h2-4,11-12,16-17H,5-9H2,1H3. The van der Waals surface area contributed by atoms with Crippen molar-refractivity contribution >= 4 is 17.3 Å². The average Bonchev–Trinajstić information content (AvgIpc) is 2.33. The summed E-state index contributed by atoms with van der Waals surface area (Å²) in [6.45, 7) is 3.02. The van der Waals surface area contributed by atoms with Gasteiger partial charge in [0.1, 0.15) is 0 Å². The Labute approximate surface area is 108 Å². The predicted molar refractivity (Wildman–Crippen MR) is 72.6 cm³/mol. The van der Waals surface area contributed by atoms with E-state index >= 15 is 0 Å². The van der Waals surface area contributed by atoms with Crippen molar-refractivity contribution in [3.8, 4) is 0 Å². The van der Waals surface area contributed by atoms with Gasteiger partial charge < -0.3 is 10.4 Å². The number of hydrogen-bond acceptors (Lipinski definition) is 2. The van der Waals surface area contributed by atoms with Crippen LogP contribution < -0.4 is 5.32 Å². The lowest BCUT2D eigenvalue weighted by Crippen LogP contribution is -2.23. The van der Waals surface area contributed by atoms with Crippen molar-refractivity contribution in [3.63, 3.8) is 0 Å². The van der Waals surface area contributed by atoms with Gasteiger partial charge in [0.25, 0.3) is 0 Å². The van der Waals surface area contributed by atoms with Crippen molar-refractivity contribution in [2.75, 3.05) is 11.9 Å². The first-order chi connectivity index (χ1) is 8.16. The third-order valence-electron chi connectivity index (χ3n) is 3.67. The lowest BCUT2D eigenvalue weighted by molar-refractivity contribution is 0.111. The number of hydrogen-bond donors (Lipinski definition) is 2. The summed E-state index contributed by atoms with van der Waals surface area (Å²) in [5.41, 5.74) is 2.24. The smallest absolute Gasteiger partial charge is 0.0540 e. The number of nitrogens with one attached hydrogen (secondary N) is 1. The van der Waals surface area contributed by atoms with Crippen molar-refractivity contribution in [2.24, 2.45) is 5.92 Å². The van der Waals surface area contributed by atoms with Crippen molar-refractivity contribution in [1.29, 1.82) is 0 Å². The molecule has 3 heteroatoms. The molecule has 1 aromatic rings. The minimum atomic E-state index is -0.0702. The zero-order valence-electron chi connectivity index (χ0n) is 10.2. The Morgan fingerprint density at radius 3 is 2.71 bits per heavy atom. The van der Waals surface area contributed by atoms with Gasteiger partial charge in [-0.3, -0.25) is 0 Å². The predicted octanol–water partition coefficient (Wildman–Crippen LogP) is 3.61. The van der Waals surface area contributed by atoms with Crippen molar-refractivity contribution < 1.29 is 5.11 Å². The highest BCUT2D eigenvalue weighted by Crippen LogP contribution is 2.27. The summed E-state index contributed by atoms with van der Waals surface area (Å²) in [5, 5.41) is 13.7. The van der Waals surface area contributed by atoms with Crippen LogP contribution in [-0.4, -0.2) is 17.8 Å². The largest absolute Gasteiger partial charge is 0.393 e. The first-order valence-corrected chi connectivity index (χ1v) is 6.71. The second-order valence-corrected chi connectivity index (χ2v) is 5.38. The van der Waals surface area contributed by atoms with Gasteiger partial charge in [-0.1, -0.05) is 17.7 Å². The summed E-state index contributed by atoms with van der Waals surface area (Å²) in [5.74, 6) is 0.678. The van der Waals surface area contributed by atoms with E-state index in [0.29, 0.717) is 5.92 Å². The molecule has 2 nitrogen and oxygen atoms in total. The zero-order valence-corrected chi connectivity index (χ0v) is 11.0. The number of benzene rings is 1. The van der Waals surface area contributed by atoms with Crippen molar-refractivity contribution in [1.82, 2.24) is 0 Å². The maximum absolute atomic E-state index is 9.45. The van der Waals surface area contributed by atoms with Gasteiger partial charge in [0, 0.05) is 17.3 Å². The van der Waals surface area contributed by atoms with Crippen LogP contribution in [0.2, 0.25) is 5.02 Å². The first kappa shape index (κ1) is 12.7. The molecule has 1 aliphatic rings. The maximum Gasteiger partial charge on any atom is 0.0540 e. The fourth-order valence-electron chi connectivity index (χ4n) is 2.40. The maximum atomic E-state index is 9.45. The molecular weight excluding hydrogens is 234 g/mol. The van der Waals surface area contributed by atoms with Gasteiger partial charge in [-0.25, -0.2) is 0 Å². The molecule has 0 atom stereocenters. The van der Waals surface area contributed by atoms with E-state index in [0.717, 1.165) is 48.5 Å².